The number of likely N-dealkylation sites (N-methyl/N-ethyl adjacent to an activating group) is 1. The van der Waals surface area contributed by atoms with Crippen LogP contribution in [0, 0.1) is 0 Å². The number of thiophene rings is 1. The molecule has 1 fully saturated rings. The van der Waals surface area contributed by atoms with E-state index in [1.54, 1.807) is 28.0 Å². The summed E-state index contributed by atoms with van der Waals surface area (Å²) in [6.45, 7) is 6.46. The van der Waals surface area contributed by atoms with E-state index in [-0.39, 0.29) is 24.3 Å². The number of hydrogen-bond acceptors (Lipinski definition) is 11. The van der Waals surface area contributed by atoms with E-state index in [1.807, 2.05) is 43.3 Å². The number of carbonyl (C=O) groups is 4. The fourth-order valence-corrected chi connectivity index (χ4v) is 5.99. The van der Waals surface area contributed by atoms with Crippen LogP contribution < -0.4 is 16.0 Å². The Kier molecular flexibility index (Phi) is 20.0. The average Bonchev–Trinajstić information content (AvgIpc) is 3.58. The van der Waals surface area contributed by atoms with Crippen molar-refractivity contribution < 1.29 is 42.9 Å². The molecule has 3 N–H and O–H groups in total. The molecule has 0 unspecified atom stereocenters. The van der Waals surface area contributed by atoms with Gasteiger partial charge in [-0.2, -0.15) is 0 Å². The third-order valence-electron chi connectivity index (χ3n) is 7.63. The van der Waals surface area contributed by atoms with Crippen LogP contribution in [0.3, 0.4) is 0 Å². The van der Waals surface area contributed by atoms with E-state index >= 15 is 0 Å². The standard InChI is InChI=1S/C36H53N5O9S/c1-39(2)15-5-8-33(43)40-16-17-41(34(44)28-40)35-12-10-30(51-35)9-11-32(42)38-14-19-47-21-23-49-25-27-50-26-24-48-22-20-46-18-13-29-6-3-4-7-31(29)36(37)45/h3-8,10,12H,9,11,13-28H2,1-2H3,(H2,37,45)(H,38,42). The monoisotopic (exact) mass is 731 g/mol. The van der Waals surface area contributed by atoms with Crippen molar-refractivity contribution in [2.75, 3.05) is 118 Å². The summed E-state index contributed by atoms with van der Waals surface area (Å²) in [7, 11) is 3.85. The predicted octanol–water partition coefficient (Wildman–Crippen LogP) is 1.51. The highest BCUT2D eigenvalue weighted by Crippen LogP contribution is 2.28. The van der Waals surface area contributed by atoms with Crippen LogP contribution >= 0.6 is 11.3 Å². The number of hydrogen-bond donors (Lipinski definition) is 2. The van der Waals surface area contributed by atoms with Crippen LogP contribution in [0.25, 0.3) is 0 Å². The third-order valence-corrected chi connectivity index (χ3v) is 8.80. The van der Waals surface area contributed by atoms with Crippen molar-refractivity contribution in [3.05, 3.63) is 64.6 Å². The molecule has 51 heavy (non-hydrogen) atoms. The van der Waals surface area contributed by atoms with Crippen LogP contribution in [0.2, 0.25) is 0 Å². The highest BCUT2D eigenvalue weighted by molar-refractivity contribution is 7.16. The van der Waals surface area contributed by atoms with E-state index in [4.69, 9.17) is 29.4 Å². The lowest BCUT2D eigenvalue weighted by Crippen LogP contribution is -2.51. The fourth-order valence-electron chi connectivity index (χ4n) is 4.94. The maximum atomic E-state index is 12.7. The molecule has 1 aliphatic heterocycles. The molecule has 0 aliphatic carbocycles. The maximum Gasteiger partial charge on any atom is 0.248 e. The Morgan fingerprint density at radius 2 is 1.47 bits per heavy atom. The molecule has 282 valence electrons. The summed E-state index contributed by atoms with van der Waals surface area (Å²) in [6.07, 6.45) is 4.85. The lowest BCUT2D eigenvalue weighted by Gasteiger charge is -2.33. The quantitative estimate of drug-likeness (QED) is 0.107. The number of nitrogens with one attached hydrogen (secondary N) is 1. The van der Waals surface area contributed by atoms with Crippen molar-refractivity contribution in [3.8, 4) is 0 Å². The number of anilines is 1. The number of benzene rings is 1. The zero-order valence-corrected chi connectivity index (χ0v) is 30.7. The second-order valence-corrected chi connectivity index (χ2v) is 13.0. The Balaban J connectivity index is 1.09. The summed E-state index contributed by atoms with van der Waals surface area (Å²) in [4.78, 5) is 55.1. The molecule has 3 rings (SSSR count). The summed E-state index contributed by atoms with van der Waals surface area (Å²) < 4.78 is 27.6. The van der Waals surface area contributed by atoms with Gasteiger partial charge in [0.2, 0.25) is 23.6 Å². The lowest BCUT2D eigenvalue weighted by atomic mass is 10.0. The number of ether oxygens (including phenoxy) is 5. The zero-order chi connectivity index (χ0) is 36.7. The molecule has 0 radical (unpaired) electrons. The van der Waals surface area contributed by atoms with Gasteiger partial charge in [0.15, 0.2) is 0 Å². The SMILES string of the molecule is CN(C)CC=CC(=O)N1CCN(c2ccc(CCC(=O)NCCOCCOCCOCCOCCOCCc3ccccc3C(N)=O)s2)C(=O)C1. The van der Waals surface area contributed by atoms with Gasteiger partial charge in [-0.25, -0.2) is 0 Å². The minimum Gasteiger partial charge on any atom is -0.379 e. The van der Waals surface area contributed by atoms with E-state index in [9.17, 15) is 19.2 Å². The number of piperazine rings is 1. The number of aryl methyl sites for hydroxylation is 1. The van der Waals surface area contributed by atoms with E-state index in [2.05, 4.69) is 5.32 Å². The van der Waals surface area contributed by atoms with Crippen molar-refractivity contribution in [1.82, 2.24) is 15.1 Å². The Labute approximate surface area is 304 Å². The zero-order valence-electron chi connectivity index (χ0n) is 29.8. The van der Waals surface area contributed by atoms with E-state index in [1.165, 1.54) is 17.4 Å². The van der Waals surface area contributed by atoms with Gasteiger partial charge in [-0.1, -0.05) is 24.3 Å². The van der Waals surface area contributed by atoms with Gasteiger partial charge in [-0.05, 0) is 50.7 Å². The average molecular weight is 732 g/mol. The first kappa shape index (κ1) is 41.7. The number of nitrogens with zero attached hydrogens (tertiary/aromatic N) is 3. The van der Waals surface area contributed by atoms with Gasteiger partial charge in [0.25, 0.3) is 0 Å². The van der Waals surface area contributed by atoms with Crippen LogP contribution in [0.5, 0.6) is 0 Å². The summed E-state index contributed by atoms with van der Waals surface area (Å²) in [5, 5.41) is 3.69. The van der Waals surface area contributed by atoms with Crippen LogP contribution in [0.15, 0.2) is 48.6 Å². The van der Waals surface area contributed by atoms with Gasteiger partial charge >= 0.3 is 0 Å². The molecular formula is C36H53N5O9S. The van der Waals surface area contributed by atoms with Gasteiger partial charge in [-0.3, -0.25) is 19.2 Å². The Hall–Kier alpha value is -3.70. The van der Waals surface area contributed by atoms with Gasteiger partial charge in [-0.15, -0.1) is 11.3 Å². The van der Waals surface area contributed by atoms with E-state index in [0.29, 0.717) is 117 Å². The highest BCUT2D eigenvalue weighted by atomic mass is 32.1. The summed E-state index contributed by atoms with van der Waals surface area (Å²) >= 11 is 1.50. The molecule has 1 aromatic heterocycles. The fraction of sp³-hybridized carbons (Fsp3) is 0.556. The topological polar surface area (TPSA) is 162 Å². The maximum absolute atomic E-state index is 12.7. The largest absolute Gasteiger partial charge is 0.379 e. The van der Waals surface area contributed by atoms with E-state index < -0.39 is 5.91 Å². The normalized spacial score (nSPS) is 13.4. The highest BCUT2D eigenvalue weighted by Gasteiger charge is 2.28. The molecule has 1 aliphatic rings. The second-order valence-electron chi connectivity index (χ2n) is 11.9. The number of amides is 4. The molecule has 0 spiro atoms. The van der Waals surface area contributed by atoms with Crippen molar-refractivity contribution in [2.24, 2.45) is 5.73 Å². The first-order valence-electron chi connectivity index (χ1n) is 17.3. The van der Waals surface area contributed by atoms with Gasteiger partial charge in [0, 0.05) is 49.1 Å². The number of nitrogens with two attached hydrogens (primary N) is 1. The van der Waals surface area contributed by atoms with Crippen LogP contribution in [-0.4, -0.2) is 146 Å². The Morgan fingerprint density at radius 3 is 2.10 bits per heavy atom. The molecule has 0 atom stereocenters. The van der Waals surface area contributed by atoms with Crippen molar-refractivity contribution in [2.45, 2.75) is 19.3 Å². The van der Waals surface area contributed by atoms with Crippen LogP contribution in [-0.2, 0) is 50.9 Å². The molecule has 0 saturated carbocycles. The van der Waals surface area contributed by atoms with Gasteiger partial charge < -0.3 is 49.4 Å². The van der Waals surface area contributed by atoms with Crippen molar-refractivity contribution in [1.29, 1.82) is 0 Å². The summed E-state index contributed by atoms with van der Waals surface area (Å²) in [5.74, 6) is -0.763. The molecular weight excluding hydrogens is 678 g/mol. The lowest BCUT2D eigenvalue weighted by molar-refractivity contribution is -0.133. The number of rotatable bonds is 26. The minimum absolute atomic E-state index is 0.0543. The number of carbonyl (C=O) groups excluding carboxylic acids is 4. The summed E-state index contributed by atoms with van der Waals surface area (Å²) in [5.41, 5.74) is 6.79. The summed E-state index contributed by atoms with van der Waals surface area (Å²) in [6, 6.07) is 11.1. The van der Waals surface area contributed by atoms with Gasteiger partial charge in [0.1, 0.15) is 6.54 Å². The van der Waals surface area contributed by atoms with Crippen molar-refractivity contribution >= 4 is 40.0 Å². The van der Waals surface area contributed by atoms with Crippen molar-refractivity contribution in [3.63, 3.8) is 0 Å². The minimum atomic E-state index is -0.437. The van der Waals surface area contributed by atoms with E-state index in [0.717, 1.165) is 15.4 Å². The molecule has 1 aromatic carbocycles. The molecule has 0 bridgehead atoms. The molecule has 2 heterocycles. The third kappa shape index (κ3) is 16.9. The van der Waals surface area contributed by atoms with Crippen LogP contribution in [0.4, 0.5) is 5.00 Å². The van der Waals surface area contributed by atoms with Gasteiger partial charge in [0.05, 0.1) is 71.1 Å². The smallest absolute Gasteiger partial charge is 0.248 e. The molecule has 1 saturated heterocycles. The molecule has 2 aromatic rings. The molecule has 4 amide bonds. The molecule has 14 nitrogen and oxygen atoms in total. The number of primary amides is 1. The molecule has 15 heteroatoms. The first-order chi connectivity index (χ1) is 24.7. The predicted molar refractivity (Wildman–Crippen MR) is 195 cm³/mol. The Bertz CT molecular complexity index is 1390. The first-order valence-corrected chi connectivity index (χ1v) is 18.1. The second kappa shape index (κ2) is 24.5. The van der Waals surface area contributed by atoms with Crippen LogP contribution in [0.1, 0.15) is 27.2 Å². The Morgan fingerprint density at radius 1 is 0.843 bits per heavy atom.